The van der Waals surface area contributed by atoms with Crippen LogP contribution in [0.3, 0.4) is 0 Å². The van der Waals surface area contributed by atoms with Gasteiger partial charge in [-0.3, -0.25) is 0 Å². The van der Waals surface area contributed by atoms with Crippen molar-refractivity contribution in [3.8, 4) is 5.75 Å². The minimum absolute atomic E-state index is 0.236. The van der Waals surface area contributed by atoms with Crippen LogP contribution in [0.2, 0.25) is 0 Å². The van der Waals surface area contributed by atoms with Gasteiger partial charge < -0.3 is 10.1 Å². The summed E-state index contributed by atoms with van der Waals surface area (Å²) in [5.74, 6) is 0.163. The lowest BCUT2D eigenvalue weighted by Gasteiger charge is -2.26. The Morgan fingerprint density at radius 1 is 1.41 bits per heavy atom. The zero-order valence-electron chi connectivity index (χ0n) is 10.6. The molecule has 0 aromatic heterocycles. The Morgan fingerprint density at radius 3 is 2.82 bits per heavy atom. The first-order chi connectivity index (χ1) is 8.26. The molecule has 1 unspecified atom stereocenters. The summed E-state index contributed by atoms with van der Waals surface area (Å²) < 4.78 is 19.1. The lowest BCUT2D eigenvalue weighted by molar-refractivity contribution is 0.355. The minimum atomic E-state index is -0.241. The summed E-state index contributed by atoms with van der Waals surface area (Å²) in [6, 6.07) is 3.88. The number of piperidine rings is 1. The smallest absolute Gasteiger partial charge is 0.165 e. The Balaban J connectivity index is 2.38. The third-order valence-corrected chi connectivity index (χ3v) is 3.43. The summed E-state index contributed by atoms with van der Waals surface area (Å²) >= 11 is 0. The standard InChI is InChI=1S/C14H20FNO/c1-3-10-8-11(13-6-4-5-7-16-13)14(17-2)12(15)9-10/h8-9,13,16H,3-7H2,1-2H3. The molecule has 0 amide bonds. The fourth-order valence-corrected chi connectivity index (χ4v) is 2.47. The summed E-state index contributed by atoms with van der Waals surface area (Å²) in [6.45, 7) is 3.05. The summed E-state index contributed by atoms with van der Waals surface area (Å²) in [6.07, 6.45) is 4.30. The molecule has 1 N–H and O–H groups in total. The van der Waals surface area contributed by atoms with Crippen LogP contribution in [0, 0.1) is 5.82 Å². The van der Waals surface area contributed by atoms with Gasteiger partial charge in [0.25, 0.3) is 0 Å². The highest BCUT2D eigenvalue weighted by molar-refractivity contribution is 5.41. The van der Waals surface area contributed by atoms with E-state index in [4.69, 9.17) is 4.74 Å². The monoisotopic (exact) mass is 237 g/mol. The average Bonchev–Trinajstić information content (AvgIpc) is 2.38. The summed E-state index contributed by atoms with van der Waals surface area (Å²) in [7, 11) is 1.54. The van der Waals surface area contributed by atoms with E-state index in [2.05, 4.69) is 11.4 Å². The van der Waals surface area contributed by atoms with Crippen LogP contribution in [0.5, 0.6) is 5.75 Å². The Bertz CT molecular complexity index is 386. The Hall–Kier alpha value is -1.09. The maximum atomic E-state index is 13.9. The number of benzene rings is 1. The zero-order chi connectivity index (χ0) is 12.3. The van der Waals surface area contributed by atoms with E-state index in [-0.39, 0.29) is 11.9 Å². The molecule has 1 aliphatic rings. The van der Waals surface area contributed by atoms with Crippen molar-refractivity contribution in [3.05, 3.63) is 29.1 Å². The number of halogens is 1. The van der Waals surface area contributed by atoms with Crippen molar-refractivity contribution in [1.82, 2.24) is 5.32 Å². The van der Waals surface area contributed by atoms with Gasteiger partial charge in [0.15, 0.2) is 11.6 Å². The van der Waals surface area contributed by atoms with Gasteiger partial charge in [0.2, 0.25) is 0 Å². The molecule has 1 fully saturated rings. The third kappa shape index (κ3) is 2.60. The molecule has 1 aromatic rings. The Labute approximate surface area is 102 Å². The highest BCUT2D eigenvalue weighted by Gasteiger charge is 2.21. The maximum absolute atomic E-state index is 13.9. The van der Waals surface area contributed by atoms with E-state index >= 15 is 0 Å². The molecular weight excluding hydrogens is 217 g/mol. The highest BCUT2D eigenvalue weighted by atomic mass is 19.1. The first-order valence-corrected chi connectivity index (χ1v) is 6.36. The van der Waals surface area contributed by atoms with Crippen molar-refractivity contribution in [3.63, 3.8) is 0 Å². The molecule has 3 heteroatoms. The predicted octanol–water partition coefficient (Wildman–Crippen LogP) is 3.21. The highest BCUT2D eigenvalue weighted by Crippen LogP contribution is 2.33. The fourth-order valence-electron chi connectivity index (χ4n) is 2.47. The predicted molar refractivity (Wildman–Crippen MR) is 66.9 cm³/mol. The number of rotatable bonds is 3. The third-order valence-electron chi connectivity index (χ3n) is 3.43. The van der Waals surface area contributed by atoms with Crippen molar-refractivity contribution in [2.24, 2.45) is 0 Å². The minimum Gasteiger partial charge on any atom is -0.493 e. The van der Waals surface area contributed by atoms with Gasteiger partial charge >= 0.3 is 0 Å². The van der Waals surface area contributed by atoms with Crippen LogP contribution in [-0.4, -0.2) is 13.7 Å². The molecular formula is C14H20FNO. The number of aryl methyl sites for hydroxylation is 1. The van der Waals surface area contributed by atoms with Gasteiger partial charge in [0.1, 0.15) is 0 Å². The van der Waals surface area contributed by atoms with Gasteiger partial charge in [0, 0.05) is 11.6 Å². The van der Waals surface area contributed by atoms with Crippen molar-refractivity contribution in [1.29, 1.82) is 0 Å². The second-order valence-corrected chi connectivity index (χ2v) is 4.56. The van der Waals surface area contributed by atoms with Crippen molar-refractivity contribution in [2.45, 2.75) is 38.6 Å². The lowest BCUT2D eigenvalue weighted by Crippen LogP contribution is -2.27. The van der Waals surface area contributed by atoms with Crippen molar-refractivity contribution >= 4 is 0 Å². The summed E-state index contributed by atoms with van der Waals surface area (Å²) in [4.78, 5) is 0. The SMILES string of the molecule is CCc1cc(F)c(OC)c(C2CCCCN2)c1. The van der Waals surface area contributed by atoms with Crippen LogP contribution in [0.4, 0.5) is 4.39 Å². The van der Waals surface area contributed by atoms with Gasteiger partial charge in [-0.25, -0.2) is 4.39 Å². The number of nitrogens with one attached hydrogen (secondary N) is 1. The van der Waals surface area contributed by atoms with Crippen LogP contribution in [0.15, 0.2) is 12.1 Å². The molecule has 0 bridgehead atoms. The van der Waals surface area contributed by atoms with E-state index in [9.17, 15) is 4.39 Å². The summed E-state index contributed by atoms with van der Waals surface area (Å²) in [5, 5.41) is 3.44. The Kier molecular flexibility index (Phi) is 4.00. The van der Waals surface area contributed by atoms with Gasteiger partial charge in [0.05, 0.1) is 7.11 Å². The van der Waals surface area contributed by atoms with Gasteiger partial charge in [-0.1, -0.05) is 19.4 Å². The molecule has 1 heterocycles. The molecule has 1 aromatic carbocycles. The molecule has 0 spiro atoms. The first kappa shape index (κ1) is 12.4. The molecule has 1 saturated heterocycles. The van der Waals surface area contributed by atoms with Crippen LogP contribution >= 0.6 is 0 Å². The van der Waals surface area contributed by atoms with E-state index in [0.717, 1.165) is 30.5 Å². The summed E-state index contributed by atoms with van der Waals surface area (Å²) in [5.41, 5.74) is 2.01. The molecule has 2 rings (SSSR count). The number of ether oxygens (including phenoxy) is 1. The Morgan fingerprint density at radius 2 is 2.24 bits per heavy atom. The number of methoxy groups -OCH3 is 1. The van der Waals surface area contributed by atoms with E-state index < -0.39 is 0 Å². The quantitative estimate of drug-likeness (QED) is 0.871. The molecule has 0 saturated carbocycles. The van der Waals surface area contributed by atoms with Crippen LogP contribution < -0.4 is 10.1 Å². The van der Waals surface area contributed by atoms with Crippen molar-refractivity contribution in [2.75, 3.05) is 13.7 Å². The van der Waals surface area contributed by atoms with Crippen LogP contribution in [0.25, 0.3) is 0 Å². The second-order valence-electron chi connectivity index (χ2n) is 4.56. The topological polar surface area (TPSA) is 21.3 Å². The van der Waals surface area contributed by atoms with Crippen LogP contribution in [0.1, 0.15) is 43.4 Å². The van der Waals surface area contributed by atoms with Crippen molar-refractivity contribution < 1.29 is 9.13 Å². The zero-order valence-corrected chi connectivity index (χ0v) is 10.6. The lowest BCUT2D eigenvalue weighted by atomic mass is 9.94. The molecule has 1 atom stereocenters. The number of hydrogen-bond donors (Lipinski definition) is 1. The van der Waals surface area contributed by atoms with E-state index in [1.165, 1.54) is 20.0 Å². The van der Waals surface area contributed by atoms with E-state index in [0.29, 0.717) is 5.75 Å². The molecule has 0 radical (unpaired) electrons. The number of hydrogen-bond acceptors (Lipinski definition) is 2. The first-order valence-electron chi connectivity index (χ1n) is 6.36. The van der Waals surface area contributed by atoms with Crippen LogP contribution in [-0.2, 0) is 6.42 Å². The molecule has 0 aliphatic carbocycles. The molecule has 1 aliphatic heterocycles. The van der Waals surface area contributed by atoms with Gasteiger partial charge in [-0.2, -0.15) is 0 Å². The largest absolute Gasteiger partial charge is 0.493 e. The molecule has 94 valence electrons. The average molecular weight is 237 g/mol. The molecule has 17 heavy (non-hydrogen) atoms. The molecule has 2 nitrogen and oxygen atoms in total. The second kappa shape index (κ2) is 5.50. The maximum Gasteiger partial charge on any atom is 0.165 e. The van der Waals surface area contributed by atoms with Gasteiger partial charge in [-0.15, -0.1) is 0 Å². The fraction of sp³-hybridized carbons (Fsp3) is 0.571. The van der Waals surface area contributed by atoms with E-state index in [1.807, 2.05) is 6.92 Å². The normalized spacial score (nSPS) is 20.3. The van der Waals surface area contributed by atoms with Gasteiger partial charge in [-0.05, 0) is 37.4 Å². The van der Waals surface area contributed by atoms with E-state index in [1.54, 1.807) is 6.07 Å².